The molecule has 0 N–H and O–H groups in total. The van der Waals surface area contributed by atoms with Crippen LogP contribution in [0.15, 0.2) is 54.6 Å². The first kappa shape index (κ1) is 19.0. The molecule has 5 nitrogen and oxygen atoms in total. The van der Waals surface area contributed by atoms with Crippen LogP contribution in [0.25, 0.3) is 0 Å². The van der Waals surface area contributed by atoms with Gasteiger partial charge in [0.1, 0.15) is 0 Å². The number of fused-ring (bicyclic) bond motifs is 1. The Morgan fingerprint density at radius 2 is 1.54 bits per heavy atom. The molecular weight excluding hydrogens is 350 g/mol. The molecule has 1 amide bonds. The van der Waals surface area contributed by atoms with Crippen LogP contribution in [0.3, 0.4) is 0 Å². The number of morpholine rings is 1. The molecule has 28 heavy (non-hydrogen) atoms. The van der Waals surface area contributed by atoms with Gasteiger partial charge in [0.05, 0.1) is 24.6 Å². The lowest BCUT2D eigenvalue weighted by Gasteiger charge is -2.39. The Morgan fingerprint density at radius 3 is 2.32 bits per heavy atom. The minimum Gasteiger partial charge on any atom is -0.379 e. The molecule has 0 aliphatic carbocycles. The summed E-state index contributed by atoms with van der Waals surface area (Å²) in [7, 11) is 0. The number of hydrogen-bond acceptors (Lipinski definition) is 4. The Morgan fingerprint density at radius 1 is 0.821 bits per heavy atom. The van der Waals surface area contributed by atoms with E-state index in [0.29, 0.717) is 6.42 Å². The fourth-order valence-electron chi connectivity index (χ4n) is 4.03. The van der Waals surface area contributed by atoms with Gasteiger partial charge in [0.2, 0.25) is 5.91 Å². The number of anilines is 2. The van der Waals surface area contributed by atoms with Gasteiger partial charge >= 0.3 is 0 Å². The zero-order chi connectivity index (χ0) is 19.2. The fourth-order valence-corrected chi connectivity index (χ4v) is 4.03. The van der Waals surface area contributed by atoms with Crippen LogP contribution in [-0.4, -0.2) is 63.3 Å². The molecule has 4 rings (SSSR count). The molecule has 2 heterocycles. The van der Waals surface area contributed by atoms with E-state index in [4.69, 9.17) is 4.74 Å². The van der Waals surface area contributed by atoms with Gasteiger partial charge in [-0.3, -0.25) is 9.69 Å². The Balaban J connectivity index is 1.39. The predicted molar refractivity (Wildman–Crippen MR) is 113 cm³/mol. The number of rotatable bonds is 6. The molecule has 5 heteroatoms. The molecule has 0 spiro atoms. The average Bonchev–Trinajstić information content (AvgIpc) is 2.77. The maximum absolute atomic E-state index is 12.9. The number of amides is 1. The summed E-state index contributed by atoms with van der Waals surface area (Å²) in [6, 6.07) is 18.6. The normalized spacial score (nSPS) is 17.4. The second-order valence-electron chi connectivity index (χ2n) is 7.46. The molecule has 2 aromatic carbocycles. The summed E-state index contributed by atoms with van der Waals surface area (Å²) in [5.41, 5.74) is 3.44. The van der Waals surface area contributed by atoms with E-state index < -0.39 is 0 Å². The van der Waals surface area contributed by atoms with Crippen molar-refractivity contribution in [3.63, 3.8) is 0 Å². The molecule has 0 saturated carbocycles. The number of para-hydroxylation sites is 2. The van der Waals surface area contributed by atoms with Crippen LogP contribution in [0.2, 0.25) is 0 Å². The van der Waals surface area contributed by atoms with Crippen LogP contribution in [-0.2, 0) is 16.0 Å². The van der Waals surface area contributed by atoms with Crippen LogP contribution in [0.4, 0.5) is 11.4 Å². The van der Waals surface area contributed by atoms with Crippen LogP contribution < -0.4 is 9.80 Å². The van der Waals surface area contributed by atoms with E-state index in [1.54, 1.807) is 0 Å². The highest BCUT2D eigenvalue weighted by molar-refractivity contribution is 5.98. The van der Waals surface area contributed by atoms with Crippen molar-refractivity contribution in [2.75, 3.05) is 62.3 Å². The third-order valence-electron chi connectivity index (χ3n) is 5.67. The fraction of sp³-hybridized carbons (Fsp3) is 0.435. The van der Waals surface area contributed by atoms with Gasteiger partial charge in [-0.1, -0.05) is 42.5 Å². The number of aryl methyl sites for hydroxylation is 1. The first-order valence-corrected chi connectivity index (χ1v) is 10.3. The van der Waals surface area contributed by atoms with E-state index >= 15 is 0 Å². The zero-order valence-electron chi connectivity index (χ0n) is 16.4. The Kier molecular flexibility index (Phi) is 6.24. The molecule has 1 saturated heterocycles. The molecular formula is C23H29N3O2. The molecule has 148 valence electrons. The lowest BCUT2D eigenvalue weighted by atomic mass is 10.1. The summed E-state index contributed by atoms with van der Waals surface area (Å²) >= 11 is 0. The summed E-state index contributed by atoms with van der Waals surface area (Å²) < 4.78 is 5.44. The number of benzene rings is 2. The standard InChI is InChI=1S/C23H29N3O2/c27-23(11-10-20-6-2-1-3-7-20)26-15-14-25(21-8-4-5-9-22(21)26)13-12-24-16-18-28-19-17-24/h1-9H,10-19H2. The number of hydrogen-bond donors (Lipinski definition) is 0. The van der Waals surface area contributed by atoms with Crippen molar-refractivity contribution in [2.45, 2.75) is 12.8 Å². The molecule has 0 atom stereocenters. The van der Waals surface area contributed by atoms with E-state index in [2.05, 4.69) is 40.1 Å². The van der Waals surface area contributed by atoms with Gasteiger partial charge < -0.3 is 14.5 Å². The Bertz CT molecular complexity index is 774. The zero-order valence-corrected chi connectivity index (χ0v) is 16.4. The summed E-state index contributed by atoms with van der Waals surface area (Å²) in [4.78, 5) is 19.8. The Labute approximate surface area is 167 Å². The highest BCUT2D eigenvalue weighted by Gasteiger charge is 2.26. The molecule has 0 bridgehead atoms. The van der Waals surface area contributed by atoms with Crippen molar-refractivity contribution < 1.29 is 9.53 Å². The minimum atomic E-state index is 0.212. The van der Waals surface area contributed by atoms with Gasteiger partial charge in [0.25, 0.3) is 0 Å². The van der Waals surface area contributed by atoms with Gasteiger partial charge in [0.15, 0.2) is 0 Å². The molecule has 0 radical (unpaired) electrons. The number of carbonyl (C=O) groups is 1. The SMILES string of the molecule is O=C(CCc1ccccc1)N1CCN(CCN2CCOCC2)c2ccccc21. The van der Waals surface area contributed by atoms with E-state index in [9.17, 15) is 4.79 Å². The molecule has 2 aliphatic heterocycles. The summed E-state index contributed by atoms with van der Waals surface area (Å²) in [6.07, 6.45) is 1.34. The first-order chi connectivity index (χ1) is 13.8. The van der Waals surface area contributed by atoms with Crippen LogP contribution in [0.5, 0.6) is 0 Å². The maximum Gasteiger partial charge on any atom is 0.227 e. The molecule has 0 unspecified atom stereocenters. The maximum atomic E-state index is 12.9. The summed E-state index contributed by atoms with van der Waals surface area (Å²) in [5, 5.41) is 0. The van der Waals surface area contributed by atoms with Crippen molar-refractivity contribution in [1.82, 2.24) is 4.90 Å². The van der Waals surface area contributed by atoms with Crippen LogP contribution in [0.1, 0.15) is 12.0 Å². The van der Waals surface area contributed by atoms with Crippen LogP contribution in [0, 0.1) is 0 Å². The number of nitrogens with zero attached hydrogens (tertiary/aromatic N) is 3. The second kappa shape index (κ2) is 9.22. The molecule has 2 aliphatic rings. The monoisotopic (exact) mass is 379 g/mol. The van der Waals surface area contributed by atoms with Gasteiger partial charge in [0, 0.05) is 45.7 Å². The van der Waals surface area contributed by atoms with E-state index in [1.165, 1.54) is 11.3 Å². The van der Waals surface area contributed by atoms with Crippen molar-refractivity contribution in [1.29, 1.82) is 0 Å². The molecule has 2 aromatic rings. The second-order valence-corrected chi connectivity index (χ2v) is 7.46. The predicted octanol–water partition coefficient (Wildman–Crippen LogP) is 2.80. The third kappa shape index (κ3) is 4.54. The highest BCUT2D eigenvalue weighted by Crippen LogP contribution is 2.33. The average molecular weight is 380 g/mol. The Hall–Kier alpha value is -2.37. The lowest BCUT2D eigenvalue weighted by molar-refractivity contribution is -0.118. The van der Waals surface area contributed by atoms with Gasteiger partial charge in [-0.05, 0) is 24.1 Å². The molecule has 0 aromatic heterocycles. The van der Waals surface area contributed by atoms with Crippen molar-refractivity contribution in [2.24, 2.45) is 0 Å². The van der Waals surface area contributed by atoms with Crippen LogP contribution >= 0.6 is 0 Å². The van der Waals surface area contributed by atoms with Crippen molar-refractivity contribution >= 4 is 17.3 Å². The molecule has 1 fully saturated rings. The lowest BCUT2D eigenvalue weighted by Crippen LogP contribution is -2.47. The van der Waals surface area contributed by atoms with Gasteiger partial charge in [-0.15, -0.1) is 0 Å². The summed E-state index contributed by atoms with van der Waals surface area (Å²) in [5.74, 6) is 0.212. The highest BCUT2D eigenvalue weighted by atomic mass is 16.5. The minimum absolute atomic E-state index is 0.212. The van der Waals surface area contributed by atoms with E-state index in [0.717, 1.165) is 64.6 Å². The number of carbonyl (C=O) groups excluding carboxylic acids is 1. The first-order valence-electron chi connectivity index (χ1n) is 10.3. The van der Waals surface area contributed by atoms with Crippen molar-refractivity contribution in [3.8, 4) is 0 Å². The van der Waals surface area contributed by atoms with Crippen molar-refractivity contribution in [3.05, 3.63) is 60.2 Å². The van der Waals surface area contributed by atoms with E-state index in [-0.39, 0.29) is 5.91 Å². The smallest absolute Gasteiger partial charge is 0.227 e. The van der Waals surface area contributed by atoms with Gasteiger partial charge in [-0.25, -0.2) is 0 Å². The third-order valence-corrected chi connectivity index (χ3v) is 5.67. The topological polar surface area (TPSA) is 36.0 Å². The van der Waals surface area contributed by atoms with Gasteiger partial charge in [-0.2, -0.15) is 0 Å². The quantitative estimate of drug-likeness (QED) is 0.773. The summed E-state index contributed by atoms with van der Waals surface area (Å²) in [6.45, 7) is 7.37. The largest absolute Gasteiger partial charge is 0.379 e. The number of ether oxygens (including phenoxy) is 1. The van der Waals surface area contributed by atoms with E-state index in [1.807, 2.05) is 29.2 Å².